The van der Waals surface area contributed by atoms with E-state index < -0.39 is 37.3 Å². The number of aliphatic hydroxyl groups excluding tert-OH is 4. The Morgan fingerprint density at radius 2 is 1.64 bits per heavy atom. The molecular formula is C26H44O7. The number of hydrogen-bond acceptors (Lipinski definition) is 7. The zero-order valence-electron chi connectivity index (χ0n) is 20.7. The second-order valence-corrected chi connectivity index (χ2v) is 12.1. The van der Waals surface area contributed by atoms with Gasteiger partial charge in [-0.1, -0.05) is 26.3 Å². The Kier molecular flexibility index (Phi) is 6.84. The predicted molar refractivity (Wildman–Crippen MR) is 123 cm³/mol. The van der Waals surface area contributed by atoms with E-state index in [9.17, 15) is 20.4 Å². The van der Waals surface area contributed by atoms with Crippen molar-refractivity contribution in [2.45, 2.75) is 115 Å². The predicted octanol–water partition coefficient (Wildman–Crippen LogP) is 2.54. The lowest BCUT2D eigenvalue weighted by molar-refractivity contribution is -0.313. The van der Waals surface area contributed by atoms with E-state index in [-0.39, 0.29) is 22.0 Å². The molecule has 0 spiro atoms. The summed E-state index contributed by atoms with van der Waals surface area (Å²) in [5.41, 5.74) is -0.408. The first-order valence-electron chi connectivity index (χ1n) is 12.7. The normalized spacial score (nSPS) is 54.8. The fourth-order valence-corrected chi connectivity index (χ4v) is 7.98. The van der Waals surface area contributed by atoms with E-state index in [4.69, 9.17) is 14.2 Å². The molecule has 0 bridgehead atoms. The molecule has 0 aromatic rings. The summed E-state index contributed by atoms with van der Waals surface area (Å²) < 4.78 is 18.4. The van der Waals surface area contributed by atoms with Gasteiger partial charge in [-0.15, -0.1) is 6.58 Å². The molecule has 190 valence electrons. The molecule has 0 radical (unpaired) electrons. The van der Waals surface area contributed by atoms with Crippen molar-refractivity contribution in [1.82, 2.24) is 0 Å². The van der Waals surface area contributed by atoms with Crippen molar-refractivity contribution in [2.75, 3.05) is 13.2 Å². The molecule has 4 rings (SSSR count). The van der Waals surface area contributed by atoms with Gasteiger partial charge in [-0.05, 0) is 75.0 Å². The van der Waals surface area contributed by atoms with Crippen molar-refractivity contribution in [3.63, 3.8) is 0 Å². The van der Waals surface area contributed by atoms with Crippen LogP contribution in [0.5, 0.6) is 0 Å². The van der Waals surface area contributed by atoms with E-state index in [1.165, 1.54) is 6.42 Å². The molecule has 2 aliphatic carbocycles. The second kappa shape index (κ2) is 8.84. The molecule has 2 saturated heterocycles. The summed E-state index contributed by atoms with van der Waals surface area (Å²) in [6, 6.07) is 0. The largest absolute Gasteiger partial charge is 0.394 e. The van der Waals surface area contributed by atoms with Gasteiger partial charge in [-0.3, -0.25) is 0 Å². The monoisotopic (exact) mass is 468 g/mol. The first kappa shape index (κ1) is 25.5. The van der Waals surface area contributed by atoms with Crippen LogP contribution in [0.1, 0.15) is 72.6 Å². The molecule has 0 unspecified atom stereocenters. The fourth-order valence-electron chi connectivity index (χ4n) is 7.98. The van der Waals surface area contributed by atoms with Gasteiger partial charge in [0.1, 0.15) is 24.4 Å². The van der Waals surface area contributed by atoms with Crippen molar-refractivity contribution in [3.05, 3.63) is 12.7 Å². The van der Waals surface area contributed by atoms with Gasteiger partial charge in [0.2, 0.25) is 0 Å². The van der Waals surface area contributed by atoms with Gasteiger partial charge in [0.25, 0.3) is 0 Å². The second-order valence-electron chi connectivity index (χ2n) is 12.1. The minimum atomic E-state index is -1.42. The summed E-state index contributed by atoms with van der Waals surface area (Å²) in [4.78, 5) is 0. The summed E-state index contributed by atoms with van der Waals surface area (Å²) in [5, 5.41) is 40.1. The molecule has 4 fully saturated rings. The zero-order valence-corrected chi connectivity index (χ0v) is 20.7. The summed E-state index contributed by atoms with van der Waals surface area (Å²) in [6.45, 7) is 13.1. The Bertz CT molecular complexity index is 729. The molecule has 7 nitrogen and oxygen atoms in total. The van der Waals surface area contributed by atoms with E-state index >= 15 is 0 Å². The molecule has 4 N–H and O–H groups in total. The van der Waals surface area contributed by atoms with Gasteiger partial charge in [-0.25, -0.2) is 0 Å². The molecule has 2 aliphatic heterocycles. The van der Waals surface area contributed by atoms with Gasteiger partial charge in [0, 0.05) is 0 Å². The lowest BCUT2D eigenvalue weighted by atomic mass is 9.44. The van der Waals surface area contributed by atoms with E-state index in [0.29, 0.717) is 18.4 Å². The summed E-state index contributed by atoms with van der Waals surface area (Å²) in [6.07, 6.45) is 3.23. The quantitative estimate of drug-likeness (QED) is 0.459. The highest BCUT2D eigenvalue weighted by atomic mass is 16.7. The molecule has 2 saturated carbocycles. The average molecular weight is 469 g/mol. The van der Waals surface area contributed by atoms with E-state index in [0.717, 1.165) is 38.5 Å². The average Bonchev–Trinajstić information content (AvgIpc) is 2.76. The standard InChI is InChI=1S/C26H44O7/c1-6-24(3)12-8-18-25(4)11-7-10-23(2,17(25)9-13-26(18,5)33-24)15-31-22-21(30)20(29)19(28)16(14-27)32-22/h6,16-22,27-30H,1,7-15H2,2-5H3/t16-,17-,18+,19-,20+,21-,22-,23+,24+,25-,26+/m1/s1. The van der Waals surface area contributed by atoms with Crippen LogP contribution in [0.2, 0.25) is 0 Å². The first-order valence-corrected chi connectivity index (χ1v) is 12.7. The third kappa shape index (κ3) is 4.22. The van der Waals surface area contributed by atoms with E-state index in [2.05, 4.69) is 34.3 Å². The Balaban J connectivity index is 1.50. The maximum Gasteiger partial charge on any atom is 0.186 e. The molecule has 11 atom stereocenters. The summed E-state index contributed by atoms with van der Waals surface area (Å²) in [7, 11) is 0. The first-order chi connectivity index (χ1) is 15.4. The molecule has 33 heavy (non-hydrogen) atoms. The van der Waals surface area contributed by atoms with Crippen LogP contribution in [0.3, 0.4) is 0 Å². The number of aliphatic hydroxyl groups is 4. The zero-order chi connectivity index (χ0) is 24.2. The van der Waals surface area contributed by atoms with E-state index in [1.54, 1.807) is 0 Å². The summed E-state index contributed by atoms with van der Waals surface area (Å²) in [5.74, 6) is 0.905. The minimum Gasteiger partial charge on any atom is -0.394 e. The molecule has 7 heteroatoms. The lowest BCUT2D eigenvalue weighted by Crippen LogP contribution is -2.63. The van der Waals surface area contributed by atoms with Crippen LogP contribution in [0.15, 0.2) is 12.7 Å². The Labute approximate surface area is 198 Å². The van der Waals surface area contributed by atoms with Gasteiger partial charge in [0.05, 0.1) is 24.4 Å². The minimum absolute atomic E-state index is 0.105. The summed E-state index contributed by atoms with van der Waals surface area (Å²) >= 11 is 0. The maximum absolute atomic E-state index is 10.4. The lowest BCUT2D eigenvalue weighted by Gasteiger charge is -2.65. The highest BCUT2D eigenvalue weighted by molar-refractivity contribution is 5.13. The van der Waals surface area contributed by atoms with Crippen LogP contribution >= 0.6 is 0 Å². The number of rotatable bonds is 5. The van der Waals surface area contributed by atoms with Crippen LogP contribution in [0.4, 0.5) is 0 Å². The molecule has 2 heterocycles. The van der Waals surface area contributed by atoms with Crippen LogP contribution < -0.4 is 0 Å². The Hall–Kier alpha value is -0.540. The van der Waals surface area contributed by atoms with Crippen molar-refractivity contribution in [3.8, 4) is 0 Å². The van der Waals surface area contributed by atoms with Crippen molar-refractivity contribution in [1.29, 1.82) is 0 Å². The maximum atomic E-state index is 10.4. The van der Waals surface area contributed by atoms with Gasteiger partial charge in [-0.2, -0.15) is 0 Å². The number of hydrogen-bond donors (Lipinski definition) is 4. The van der Waals surface area contributed by atoms with Gasteiger partial charge >= 0.3 is 0 Å². The van der Waals surface area contributed by atoms with E-state index in [1.807, 2.05) is 6.08 Å². The molecule has 0 aromatic heterocycles. The molecule has 0 aromatic carbocycles. The van der Waals surface area contributed by atoms with Crippen LogP contribution in [-0.2, 0) is 14.2 Å². The highest BCUT2D eigenvalue weighted by Crippen LogP contribution is 2.65. The number of fused-ring (bicyclic) bond motifs is 3. The van der Waals surface area contributed by atoms with Crippen LogP contribution in [0.25, 0.3) is 0 Å². The SMILES string of the molecule is C=C[C@@]1(C)CC[C@H]2[C@]3(C)CCC[C@@](C)(CO[C@@H]4O[C@H](CO)[C@@H](O)[C@H](O)[C@H]4O)[C@H]3CC[C@]2(C)O1. The molecular weight excluding hydrogens is 424 g/mol. The third-order valence-corrected chi connectivity index (χ3v) is 9.82. The topological polar surface area (TPSA) is 109 Å². The van der Waals surface area contributed by atoms with Crippen molar-refractivity contribution < 1.29 is 34.6 Å². The third-order valence-electron chi connectivity index (χ3n) is 9.82. The van der Waals surface area contributed by atoms with Gasteiger partial charge < -0.3 is 34.6 Å². The van der Waals surface area contributed by atoms with Gasteiger partial charge in [0.15, 0.2) is 6.29 Å². The van der Waals surface area contributed by atoms with Crippen LogP contribution in [-0.4, -0.2) is 75.5 Å². The number of ether oxygens (including phenoxy) is 3. The highest BCUT2D eigenvalue weighted by Gasteiger charge is 2.62. The Morgan fingerprint density at radius 1 is 0.939 bits per heavy atom. The Morgan fingerprint density at radius 3 is 2.30 bits per heavy atom. The fraction of sp³-hybridized carbons (Fsp3) is 0.923. The van der Waals surface area contributed by atoms with Crippen molar-refractivity contribution >= 4 is 0 Å². The smallest absolute Gasteiger partial charge is 0.186 e. The molecule has 0 amide bonds. The molecule has 4 aliphatic rings. The van der Waals surface area contributed by atoms with Crippen LogP contribution in [0, 0.1) is 22.7 Å². The van der Waals surface area contributed by atoms with Crippen molar-refractivity contribution in [2.24, 2.45) is 22.7 Å².